The van der Waals surface area contributed by atoms with E-state index in [9.17, 15) is 19.2 Å². The van der Waals surface area contributed by atoms with Crippen LogP contribution in [-0.4, -0.2) is 42.8 Å². The molecule has 3 rings (SSSR count). The summed E-state index contributed by atoms with van der Waals surface area (Å²) in [5.41, 5.74) is 1.77. The van der Waals surface area contributed by atoms with E-state index in [0.717, 1.165) is 4.90 Å². The number of urea groups is 1. The fourth-order valence-electron chi connectivity index (χ4n) is 2.91. The Hall–Kier alpha value is -4.14. The third-order valence-corrected chi connectivity index (χ3v) is 4.49. The number of benzene rings is 2. The first kappa shape index (κ1) is 21.6. The Kier molecular flexibility index (Phi) is 6.35. The van der Waals surface area contributed by atoms with Crippen molar-refractivity contribution in [2.75, 3.05) is 19.5 Å². The fourth-order valence-corrected chi connectivity index (χ4v) is 2.91. The van der Waals surface area contributed by atoms with Crippen LogP contribution in [-0.2, 0) is 21.0 Å². The Morgan fingerprint density at radius 3 is 2.48 bits per heavy atom. The number of rotatable bonds is 6. The summed E-state index contributed by atoms with van der Waals surface area (Å²) >= 11 is 0. The Labute approximate surface area is 178 Å². The van der Waals surface area contributed by atoms with E-state index >= 15 is 0 Å². The molecule has 160 valence electrons. The minimum atomic E-state index is -0.763. The van der Waals surface area contributed by atoms with E-state index in [2.05, 4.69) is 10.6 Å². The van der Waals surface area contributed by atoms with E-state index in [4.69, 9.17) is 9.47 Å². The highest BCUT2D eigenvalue weighted by Gasteiger charge is 2.33. The topological polar surface area (TPSA) is 114 Å². The molecule has 0 spiro atoms. The molecule has 9 nitrogen and oxygen atoms in total. The van der Waals surface area contributed by atoms with Gasteiger partial charge in [-0.3, -0.25) is 24.6 Å². The number of ether oxygens (including phenoxy) is 2. The van der Waals surface area contributed by atoms with Crippen LogP contribution in [0.1, 0.15) is 18.1 Å². The lowest BCUT2D eigenvalue weighted by Crippen LogP contribution is -2.52. The first-order valence-corrected chi connectivity index (χ1v) is 9.31. The zero-order chi connectivity index (χ0) is 22.5. The van der Waals surface area contributed by atoms with Crippen molar-refractivity contribution in [3.05, 3.63) is 59.2 Å². The van der Waals surface area contributed by atoms with Crippen molar-refractivity contribution >= 4 is 35.5 Å². The molecule has 0 aliphatic carbocycles. The van der Waals surface area contributed by atoms with Crippen LogP contribution in [0, 0.1) is 0 Å². The van der Waals surface area contributed by atoms with Crippen LogP contribution in [0.25, 0.3) is 6.08 Å². The van der Waals surface area contributed by atoms with E-state index in [1.165, 1.54) is 27.2 Å². The standard InChI is InChI=1S/C22H21N3O6/c1-13(26)23-16-5-7-17(8-6-16)31-12-15-10-14(4-9-19(15)30-3)11-18-20(27)24-22(29)25(2)21(18)28/h4-11H,12H2,1-3H3,(H,23,26)(H,24,27,29)/b18-11+. The number of carbonyl (C=O) groups is 4. The minimum Gasteiger partial charge on any atom is -0.496 e. The van der Waals surface area contributed by atoms with Gasteiger partial charge in [-0.15, -0.1) is 0 Å². The van der Waals surface area contributed by atoms with E-state index in [1.54, 1.807) is 42.5 Å². The Morgan fingerprint density at radius 2 is 1.84 bits per heavy atom. The number of nitrogens with one attached hydrogen (secondary N) is 2. The smallest absolute Gasteiger partial charge is 0.331 e. The van der Waals surface area contributed by atoms with Gasteiger partial charge < -0.3 is 14.8 Å². The average molecular weight is 423 g/mol. The third-order valence-electron chi connectivity index (χ3n) is 4.49. The van der Waals surface area contributed by atoms with Crippen LogP contribution in [0.5, 0.6) is 11.5 Å². The molecule has 31 heavy (non-hydrogen) atoms. The van der Waals surface area contributed by atoms with Crippen LogP contribution in [0.4, 0.5) is 10.5 Å². The SMILES string of the molecule is COc1ccc(/C=C2\C(=O)NC(=O)N(C)C2=O)cc1COc1ccc(NC(C)=O)cc1. The van der Waals surface area contributed by atoms with E-state index in [0.29, 0.717) is 28.3 Å². The van der Waals surface area contributed by atoms with E-state index < -0.39 is 17.8 Å². The summed E-state index contributed by atoms with van der Waals surface area (Å²) in [5.74, 6) is -0.432. The summed E-state index contributed by atoms with van der Waals surface area (Å²) in [6, 6.07) is 11.2. The summed E-state index contributed by atoms with van der Waals surface area (Å²) in [7, 11) is 2.82. The molecule has 1 fully saturated rings. The molecular formula is C22H21N3O6. The molecule has 1 saturated heterocycles. The molecule has 2 N–H and O–H groups in total. The molecule has 0 saturated carbocycles. The molecule has 0 unspecified atom stereocenters. The van der Waals surface area contributed by atoms with Gasteiger partial charge in [-0.25, -0.2) is 4.79 Å². The van der Waals surface area contributed by atoms with Crippen LogP contribution >= 0.6 is 0 Å². The normalized spacial score (nSPS) is 15.0. The molecule has 1 heterocycles. The predicted octanol–water partition coefficient (Wildman–Crippen LogP) is 2.32. The number of hydrogen-bond donors (Lipinski definition) is 2. The quantitative estimate of drug-likeness (QED) is 0.545. The molecule has 2 aromatic rings. The highest BCUT2D eigenvalue weighted by molar-refractivity contribution is 6.30. The van der Waals surface area contributed by atoms with Crippen LogP contribution in [0.15, 0.2) is 48.0 Å². The van der Waals surface area contributed by atoms with Gasteiger partial charge >= 0.3 is 6.03 Å². The number of nitrogens with zero attached hydrogens (tertiary/aromatic N) is 1. The monoisotopic (exact) mass is 423 g/mol. The molecule has 5 amide bonds. The first-order chi connectivity index (χ1) is 14.8. The van der Waals surface area contributed by atoms with Crippen LogP contribution in [0.3, 0.4) is 0 Å². The summed E-state index contributed by atoms with van der Waals surface area (Å²) in [5, 5.41) is 4.79. The second-order valence-electron chi connectivity index (χ2n) is 6.75. The predicted molar refractivity (Wildman–Crippen MR) is 112 cm³/mol. The zero-order valence-corrected chi connectivity index (χ0v) is 17.2. The van der Waals surface area contributed by atoms with Crippen LogP contribution < -0.4 is 20.1 Å². The summed E-state index contributed by atoms with van der Waals surface area (Å²) in [4.78, 5) is 47.8. The second-order valence-corrected chi connectivity index (χ2v) is 6.75. The zero-order valence-electron chi connectivity index (χ0n) is 17.2. The molecule has 0 bridgehead atoms. The molecule has 0 radical (unpaired) electrons. The maximum absolute atomic E-state index is 12.3. The highest BCUT2D eigenvalue weighted by Crippen LogP contribution is 2.25. The van der Waals surface area contributed by atoms with Crippen molar-refractivity contribution in [3.8, 4) is 11.5 Å². The maximum atomic E-state index is 12.3. The number of barbiturate groups is 1. The van der Waals surface area contributed by atoms with Gasteiger partial charge in [0.2, 0.25) is 5.91 Å². The number of methoxy groups -OCH3 is 1. The molecule has 0 atom stereocenters. The number of hydrogen-bond acceptors (Lipinski definition) is 6. The summed E-state index contributed by atoms with van der Waals surface area (Å²) in [6.07, 6.45) is 1.41. The van der Waals surface area contributed by atoms with Crippen molar-refractivity contribution in [1.82, 2.24) is 10.2 Å². The van der Waals surface area contributed by atoms with Crippen molar-refractivity contribution < 1.29 is 28.7 Å². The van der Waals surface area contributed by atoms with Gasteiger partial charge in [-0.1, -0.05) is 6.07 Å². The Balaban J connectivity index is 1.79. The number of likely N-dealkylation sites (N-methyl/N-ethyl adjacent to an activating group) is 1. The van der Waals surface area contributed by atoms with Gasteiger partial charge in [0.1, 0.15) is 23.7 Å². The van der Waals surface area contributed by atoms with Crippen LogP contribution in [0.2, 0.25) is 0 Å². The lowest BCUT2D eigenvalue weighted by atomic mass is 10.0. The first-order valence-electron chi connectivity index (χ1n) is 9.31. The summed E-state index contributed by atoms with van der Waals surface area (Å²) in [6.45, 7) is 1.59. The fraction of sp³-hybridized carbons (Fsp3) is 0.182. The largest absolute Gasteiger partial charge is 0.496 e. The van der Waals surface area contributed by atoms with E-state index in [1.807, 2.05) is 0 Å². The number of imide groups is 2. The molecule has 9 heteroatoms. The third kappa shape index (κ3) is 5.08. The van der Waals surface area contributed by atoms with Gasteiger partial charge in [0.25, 0.3) is 11.8 Å². The number of amides is 5. The maximum Gasteiger partial charge on any atom is 0.331 e. The van der Waals surface area contributed by atoms with Crippen molar-refractivity contribution in [1.29, 1.82) is 0 Å². The molecular weight excluding hydrogens is 402 g/mol. The summed E-state index contributed by atoms with van der Waals surface area (Å²) < 4.78 is 11.2. The molecule has 1 aliphatic heterocycles. The van der Waals surface area contributed by atoms with Crippen molar-refractivity contribution in [2.24, 2.45) is 0 Å². The Morgan fingerprint density at radius 1 is 1.13 bits per heavy atom. The van der Waals surface area contributed by atoms with Gasteiger partial charge in [-0.05, 0) is 48.0 Å². The second kappa shape index (κ2) is 9.12. The molecule has 2 aromatic carbocycles. The number of anilines is 1. The molecule has 1 aliphatic rings. The van der Waals surface area contributed by atoms with Gasteiger partial charge in [-0.2, -0.15) is 0 Å². The van der Waals surface area contributed by atoms with Crippen molar-refractivity contribution in [2.45, 2.75) is 13.5 Å². The van der Waals surface area contributed by atoms with E-state index in [-0.39, 0.29) is 18.1 Å². The van der Waals surface area contributed by atoms with Gasteiger partial charge in [0.05, 0.1) is 7.11 Å². The highest BCUT2D eigenvalue weighted by atomic mass is 16.5. The molecule has 0 aromatic heterocycles. The average Bonchev–Trinajstić information content (AvgIpc) is 2.74. The van der Waals surface area contributed by atoms with Crippen molar-refractivity contribution in [3.63, 3.8) is 0 Å². The van der Waals surface area contributed by atoms with Gasteiger partial charge in [0.15, 0.2) is 0 Å². The number of carbonyl (C=O) groups excluding carboxylic acids is 4. The van der Waals surface area contributed by atoms with Gasteiger partial charge in [0, 0.05) is 25.2 Å². The minimum absolute atomic E-state index is 0.146. The Bertz CT molecular complexity index is 1080. The lowest BCUT2D eigenvalue weighted by molar-refractivity contribution is -0.129. The lowest BCUT2D eigenvalue weighted by Gasteiger charge is -2.22.